The van der Waals surface area contributed by atoms with E-state index < -0.39 is 6.04 Å². The van der Waals surface area contributed by atoms with Crippen molar-refractivity contribution in [3.8, 4) is 11.3 Å². The van der Waals surface area contributed by atoms with E-state index in [2.05, 4.69) is 15.4 Å². The predicted octanol–water partition coefficient (Wildman–Crippen LogP) is 2.86. The summed E-state index contributed by atoms with van der Waals surface area (Å²) in [4.78, 5) is 16.5. The number of aromatic nitrogens is 3. The number of pyridine rings is 1. The zero-order valence-corrected chi connectivity index (χ0v) is 15.8. The molecule has 0 saturated heterocycles. The van der Waals surface area contributed by atoms with E-state index in [0.717, 1.165) is 22.5 Å². The van der Waals surface area contributed by atoms with Gasteiger partial charge in [-0.25, -0.2) is 4.39 Å². The number of rotatable bonds is 5. The summed E-state index contributed by atoms with van der Waals surface area (Å²) in [6, 6.07) is 10.8. The molecule has 3 aromatic rings. The zero-order chi connectivity index (χ0) is 18.7. The molecule has 0 radical (unpaired) electrons. The highest BCUT2D eigenvalue weighted by Gasteiger charge is 2.17. The molecule has 3 rings (SSSR count). The molecule has 6 nitrogen and oxygen atoms in total. The van der Waals surface area contributed by atoms with Crippen LogP contribution in [0.25, 0.3) is 11.3 Å². The van der Waals surface area contributed by atoms with Crippen molar-refractivity contribution in [2.45, 2.75) is 19.4 Å². The van der Waals surface area contributed by atoms with E-state index in [1.165, 1.54) is 12.1 Å². The predicted molar refractivity (Wildman–Crippen MR) is 105 cm³/mol. The standard InChI is InChI=1S/C19H20FN5O.ClH/c1-12-9-14(7-8-22-12)17-11-18(25(2)24-17)23-19(26)16(21)10-13-3-5-15(20)6-4-13;/h3-9,11,16H,10,21H2,1-2H3,(H,23,26);1H/t16-;/m0./s1. The number of carbonyl (C=O) groups excluding carboxylic acids is 1. The van der Waals surface area contributed by atoms with Crippen LogP contribution in [-0.2, 0) is 18.3 Å². The average Bonchev–Trinajstić information content (AvgIpc) is 2.97. The van der Waals surface area contributed by atoms with E-state index >= 15 is 0 Å². The summed E-state index contributed by atoms with van der Waals surface area (Å²) < 4.78 is 14.5. The molecule has 1 aromatic carbocycles. The van der Waals surface area contributed by atoms with E-state index in [4.69, 9.17) is 5.73 Å². The molecule has 0 aliphatic carbocycles. The number of nitrogens with zero attached hydrogens (tertiary/aromatic N) is 3. The van der Waals surface area contributed by atoms with Crippen molar-refractivity contribution < 1.29 is 9.18 Å². The topological polar surface area (TPSA) is 85.8 Å². The van der Waals surface area contributed by atoms with Crippen LogP contribution >= 0.6 is 12.4 Å². The van der Waals surface area contributed by atoms with Crippen LogP contribution in [0.4, 0.5) is 10.2 Å². The summed E-state index contributed by atoms with van der Waals surface area (Å²) in [5.74, 6) is -0.0932. The summed E-state index contributed by atoms with van der Waals surface area (Å²) in [5, 5.41) is 7.21. The Balaban J connectivity index is 0.00000261. The Hall–Kier alpha value is -2.77. The van der Waals surface area contributed by atoms with Gasteiger partial charge in [0.25, 0.3) is 0 Å². The minimum atomic E-state index is -0.748. The molecule has 2 heterocycles. The van der Waals surface area contributed by atoms with Crippen molar-refractivity contribution in [3.05, 3.63) is 65.7 Å². The van der Waals surface area contributed by atoms with Crippen LogP contribution in [0.15, 0.2) is 48.7 Å². The van der Waals surface area contributed by atoms with Gasteiger partial charge in [-0.2, -0.15) is 5.10 Å². The smallest absolute Gasteiger partial charge is 0.242 e. The van der Waals surface area contributed by atoms with Crippen LogP contribution in [0, 0.1) is 12.7 Å². The SMILES string of the molecule is Cc1cc(-c2cc(NC(=O)[C@@H](N)Cc3ccc(F)cc3)n(C)n2)ccn1.Cl. The number of hydrogen-bond donors (Lipinski definition) is 2. The van der Waals surface area contributed by atoms with Gasteiger partial charge in [0.05, 0.1) is 11.7 Å². The Morgan fingerprint density at radius 2 is 1.96 bits per heavy atom. The third-order valence-corrected chi connectivity index (χ3v) is 4.03. The Labute approximate surface area is 163 Å². The molecular weight excluding hydrogens is 369 g/mol. The number of carbonyl (C=O) groups is 1. The van der Waals surface area contributed by atoms with Crippen LogP contribution in [0.5, 0.6) is 0 Å². The molecule has 2 aromatic heterocycles. The first-order valence-electron chi connectivity index (χ1n) is 8.20. The molecule has 1 atom stereocenters. The van der Waals surface area contributed by atoms with Gasteiger partial charge in [0, 0.05) is 30.6 Å². The first kappa shape index (κ1) is 20.5. The molecule has 0 unspecified atom stereocenters. The molecule has 1 amide bonds. The Morgan fingerprint density at radius 3 is 2.63 bits per heavy atom. The summed E-state index contributed by atoms with van der Waals surface area (Å²) in [6.07, 6.45) is 2.04. The fourth-order valence-electron chi connectivity index (χ4n) is 2.62. The number of hydrogen-bond acceptors (Lipinski definition) is 4. The van der Waals surface area contributed by atoms with E-state index in [-0.39, 0.29) is 24.1 Å². The highest BCUT2D eigenvalue weighted by molar-refractivity contribution is 5.94. The number of aryl methyl sites for hydroxylation is 2. The number of halogens is 2. The molecule has 8 heteroatoms. The Bertz CT molecular complexity index is 926. The first-order chi connectivity index (χ1) is 12.4. The fraction of sp³-hybridized carbons (Fsp3) is 0.211. The lowest BCUT2D eigenvalue weighted by atomic mass is 10.1. The maximum atomic E-state index is 13.0. The van der Waals surface area contributed by atoms with Crippen LogP contribution in [0.3, 0.4) is 0 Å². The van der Waals surface area contributed by atoms with E-state index in [9.17, 15) is 9.18 Å². The maximum absolute atomic E-state index is 13.0. The largest absolute Gasteiger partial charge is 0.320 e. The third kappa shape index (κ3) is 5.12. The van der Waals surface area contributed by atoms with E-state index in [1.54, 1.807) is 36.1 Å². The van der Waals surface area contributed by atoms with E-state index in [0.29, 0.717) is 12.2 Å². The molecule has 27 heavy (non-hydrogen) atoms. The van der Waals surface area contributed by atoms with E-state index in [1.807, 2.05) is 19.1 Å². The van der Waals surface area contributed by atoms with Gasteiger partial charge in [0.15, 0.2) is 0 Å². The molecule has 0 bridgehead atoms. The summed E-state index contributed by atoms with van der Waals surface area (Å²) in [5.41, 5.74) is 9.32. The second-order valence-corrected chi connectivity index (χ2v) is 6.15. The second-order valence-electron chi connectivity index (χ2n) is 6.15. The molecule has 0 aliphatic heterocycles. The van der Waals surface area contributed by atoms with Gasteiger partial charge in [-0.15, -0.1) is 12.4 Å². The molecule has 0 saturated carbocycles. The normalized spacial score (nSPS) is 11.6. The zero-order valence-electron chi connectivity index (χ0n) is 15.0. The summed E-state index contributed by atoms with van der Waals surface area (Å²) in [6.45, 7) is 1.91. The fourth-order valence-corrected chi connectivity index (χ4v) is 2.62. The van der Waals surface area contributed by atoms with Gasteiger partial charge >= 0.3 is 0 Å². The highest BCUT2D eigenvalue weighted by Crippen LogP contribution is 2.21. The number of amides is 1. The summed E-state index contributed by atoms with van der Waals surface area (Å²) in [7, 11) is 1.75. The molecular formula is C19H21ClFN5O. The van der Waals surface area contributed by atoms with Gasteiger partial charge in [0.2, 0.25) is 5.91 Å². The van der Waals surface area contributed by atoms with Crippen molar-refractivity contribution in [3.63, 3.8) is 0 Å². The molecule has 142 valence electrons. The van der Waals surface area contributed by atoms with Crippen molar-refractivity contribution in [2.24, 2.45) is 12.8 Å². The summed E-state index contributed by atoms with van der Waals surface area (Å²) >= 11 is 0. The molecule has 0 spiro atoms. The Morgan fingerprint density at radius 1 is 1.26 bits per heavy atom. The lowest BCUT2D eigenvalue weighted by Crippen LogP contribution is -2.37. The van der Waals surface area contributed by atoms with Gasteiger partial charge in [0.1, 0.15) is 11.6 Å². The number of benzene rings is 1. The highest BCUT2D eigenvalue weighted by atomic mass is 35.5. The van der Waals surface area contributed by atoms with Crippen LogP contribution in [-0.4, -0.2) is 26.7 Å². The quantitative estimate of drug-likeness (QED) is 0.702. The minimum Gasteiger partial charge on any atom is -0.320 e. The lowest BCUT2D eigenvalue weighted by Gasteiger charge is -2.12. The minimum absolute atomic E-state index is 0. The van der Waals surface area contributed by atoms with Crippen LogP contribution in [0.2, 0.25) is 0 Å². The molecule has 0 aliphatic rings. The number of nitrogens with two attached hydrogens (primary N) is 1. The first-order valence-corrected chi connectivity index (χ1v) is 8.20. The lowest BCUT2D eigenvalue weighted by molar-refractivity contribution is -0.117. The number of nitrogens with one attached hydrogen (secondary N) is 1. The van der Waals surface area contributed by atoms with Gasteiger partial charge < -0.3 is 11.1 Å². The molecule has 3 N–H and O–H groups in total. The average molecular weight is 390 g/mol. The van der Waals surface area contributed by atoms with Crippen molar-refractivity contribution in [1.29, 1.82) is 0 Å². The van der Waals surface area contributed by atoms with Crippen LogP contribution in [0.1, 0.15) is 11.3 Å². The maximum Gasteiger partial charge on any atom is 0.242 e. The van der Waals surface area contributed by atoms with Crippen LogP contribution < -0.4 is 11.1 Å². The van der Waals surface area contributed by atoms with Crippen molar-refractivity contribution >= 4 is 24.1 Å². The van der Waals surface area contributed by atoms with Gasteiger partial charge in [-0.05, 0) is 43.2 Å². The van der Waals surface area contributed by atoms with Crippen molar-refractivity contribution in [2.75, 3.05) is 5.32 Å². The monoisotopic (exact) mass is 389 g/mol. The van der Waals surface area contributed by atoms with Gasteiger partial charge in [-0.1, -0.05) is 12.1 Å². The second kappa shape index (κ2) is 8.75. The van der Waals surface area contributed by atoms with Gasteiger partial charge in [-0.3, -0.25) is 14.5 Å². The Kier molecular flexibility index (Phi) is 6.65. The van der Waals surface area contributed by atoms with Crippen molar-refractivity contribution in [1.82, 2.24) is 14.8 Å². The number of anilines is 1. The molecule has 0 fully saturated rings. The third-order valence-electron chi connectivity index (χ3n) is 4.03.